The van der Waals surface area contributed by atoms with Crippen LogP contribution >= 0.6 is 0 Å². The van der Waals surface area contributed by atoms with Crippen molar-refractivity contribution in [2.75, 3.05) is 18.0 Å². The van der Waals surface area contributed by atoms with Crippen LogP contribution in [0.3, 0.4) is 0 Å². The third kappa shape index (κ3) is 5.49. The van der Waals surface area contributed by atoms with Crippen LogP contribution in [0.2, 0.25) is 13.1 Å². The summed E-state index contributed by atoms with van der Waals surface area (Å²) in [5.74, 6) is -9.63. The zero-order chi connectivity index (χ0) is 35.6. The van der Waals surface area contributed by atoms with E-state index in [2.05, 4.69) is 59.0 Å². The normalized spacial score (nSPS) is 15.9. The summed E-state index contributed by atoms with van der Waals surface area (Å²) in [5.41, 5.74) is 4.06. The van der Waals surface area contributed by atoms with Gasteiger partial charge in [-0.2, -0.15) is 0 Å². The fraction of sp³-hybridized carbons (Fsp3) is 0.238. The third-order valence-electron chi connectivity index (χ3n) is 10.9. The Balaban J connectivity index is 1.46. The standard InChI is InChI=1S/C42H36F4N2O2Si/c1-51(2)33-21-31-27(15-9-17-47(31)23-25-11-5-3-6-12-25)19-29(33)35(36-37(42(49)50)39(44)41(46)40(45)38(36)43)30-20-28-16-10-18-48(32(28)22-34(30)51)24-26-13-7-4-8-14-26/h3-8,11-14,19-22H,9-10,15-18,23-24H2,1-2H3/p+1. The lowest BCUT2D eigenvalue weighted by atomic mass is 9.87. The highest BCUT2D eigenvalue weighted by Gasteiger charge is 2.41. The number of fused-ring (bicyclic) bond motifs is 4. The third-order valence-corrected chi connectivity index (χ3v) is 14.4. The molecule has 3 aliphatic rings. The number of halogens is 4. The highest BCUT2D eigenvalue weighted by Crippen LogP contribution is 2.37. The molecular formula is C42H37F4N2O2Si+. The smallest absolute Gasteiger partial charge is 0.339 e. The van der Waals surface area contributed by atoms with E-state index in [0.717, 1.165) is 82.4 Å². The zero-order valence-electron chi connectivity index (χ0n) is 28.5. The Hall–Kier alpha value is -5.02. The van der Waals surface area contributed by atoms with E-state index < -0.39 is 48.4 Å². The molecule has 0 spiro atoms. The summed E-state index contributed by atoms with van der Waals surface area (Å²) in [4.78, 5) is 15.0. The predicted octanol–water partition coefficient (Wildman–Crippen LogP) is 5.91. The SMILES string of the molecule is C[Si]1(C)c2cc3c(cc2C(c2c(F)c(F)c(F)c(F)c2C(=O)O)=c2cc4c(cc21)=[N+](Cc1ccccc1)CCC4)CCCN3Cc1ccccc1. The summed E-state index contributed by atoms with van der Waals surface area (Å²) in [6, 6.07) is 28.6. The fourth-order valence-corrected chi connectivity index (χ4v) is 11.5. The lowest BCUT2D eigenvalue weighted by Gasteiger charge is -2.38. The van der Waals surface area contributed by atoms with E-state index in [9.17, 15) is 14.3 Å². The Bertz CT molecular complexity index is 2380. The second-order valence-corrected chi connectivity index (χ2v) is 18.7. The zero-order valence-corrected chi connectivity index (χ0v) is 29.5. The van der Waals surface area contributed by atoms with Crippen molar-refractivity contribution in [1.29, 1.82) is 0 Å². The minimum absolute atomic E-state index is 0.102. The van der Waals surface area contributed by atoms with Gasteiger partial charge in [0, 0.05) is 48.0 Å². The van der Waals surface area contributed by atoms with Crippen molar-refractivity contribution in [1.82, 2.24) is 4.58 Å². The van der Waals surface area contributed by atoms with Gasteiger partial charge in [-0.15, -0.1) is 0 Å². The summed E-state index contributed by atoms with van der Waals surface area (Å²) in [7, 11) is -2.67. The molecule has 0 radical (unpaired) electrons. The van der Waals surface area contributed by atoms with Gasteiger partial charge in [0.2, 0.25) is 5.36 Å². The van der Waals surface area contributed by atoms with Crippen molar-refractivity contribution in [3.8, 4) is 0 Å². The van der Waals surface area contributed by atoms with Gasteiger partial charge in [-0.25, -0.2) is 26.9 Å². The Kier molecular flexibility index (Phi) is 8.21. The maximum absolute atomic E-state index is 16.2. The lowest BCUT2D eigenvalue weighted by Crippen LogP contribution is -2.64. The van der Waals surface area contributed by atoms with Gasteiger partial charge in [0.25, 0.3) is 0 Å². The summed E-state index contributed by atoms with van der Waals surface area (Å²) < 4.78 is 64.0. The Labute approximate surface area is 294 Å². The van der Waals surface area contributed by atoms with Gasteiger partial charge in [-0.1, -0.05) is 73.8 Å². The van der Waals surface area contributed by atoms with Crippen LogP contribution in [0.1, 0.15) is 56.6 Å². The summed E-state index contributed by atoms with van der Waals surface area (Å²) in [6.07, 6.45) is 3.19. The average molecular weight is 706 g/mol. The molecule has 1 N–H and O–H groups in total. The summed E-state index contributed by atoms with van der Waals surface area (Å²) >= 11 is 0. The molecular weight excluding hydrogens is 669 g/mol. The lowest BCUT2D eigenvalue weighted by molar-refractivity contribution is 0.0689. The molecule has 9 heteroatoms. The highest BCUT2D eigenvalue weighted by molar-refractivity contribution is 7.01. The first kappa shape index (κ1) is 33.1. The topological polar surface area (TPSA) is 43.5 Å². The summed E-state index contributed by atoms with van der Waals surface area (Å²) in [6.45, 7) is 7.49. The van der Waals surface area contributed by atoms with E-state index in [4.69, 9.17) is 0 Å². The second kappa shape index (κ2) is 12.6. The van der Waals surface area contributed by atoms with Crippen molar-refractivity contribution in [3.05, 3.63) is 158 Å². The van der Waals surface area contributed by atoms with Crippen LogP contribution < -0.4 is 30.4 Å². The molecule has 3 aliphatic heterocycles. The number of hydrogen-bond acceptors (Lipinski definition) is 2. The number of hydrogen-bond donors (Lipinski definition) is 1. The van der Waals surface area contributed by atoms with Gasteiger partial charge in [-0.3, -0.25) is 0 Å². The molecule has 0 amide bonds. The average Bonchev–Trinajstić information content (AvgIpc) is 3.13. The van der Waals surface area contributed by atoms with E-state index in [1.54, 1.807) is 0 Å². The van der Waals surface area contributed by atoms with Gasteiger partial charge in [-0.05, 0) is 75.3 Å². The molecule has 0 aromatic heterocycles. The number of aromatic carboxylic acids is 1. The van der Waals surface area contributed by atoms with E-state index in [1.807, 2.05) is 48.5 Å². The Morgan fingerprint density at radius 1 is 0.784 bits per heavy atom. The minimum atomic E-state index is -2.67. The number of benzene rings is 5. The van der Waals surface area contributed by atoms with E-state index in [0.29, 0.717) is 23.9 Å². The van der Waals surface area contributed by atoms with Crippen molar-refractivity contribution < 1.29 is 27.5 Å². The molecule has 8 rings (SSSR count). The van der Waals surface area contributed by atoms with Crippen molar-refractivity contribution >= 4 is 35.7 Å². The number of rotatable bonds is 6. The number of anilines is 1. The molecule has 258 valence electrons. The van der Waals surface area contributed by atoms with Crippen LogP contribution in [0.15, 0.2) is 84.9 Å². The molecule has 0 fully saturated rings. The molecule has 0 aliphatic carbocycles. The van der Waals surface area contributed by atoms with Crippen LogP contribution in [0.25, 0.3) is 5.57 Å². The Morgan fingerprint density at radius 2 is 1.45 bits per heavy atom. The number of carboxylic acid groups (broad SMARTS) is 1. The van der Waals surface area contributed by atoms with Crippen LogP contribution in [0.4, 0.5) is 23.2 Å². The maximum atomic E-state index is 16.2. The van der Waals surface area contributed by atoms with Crippen LogP contribution in [0.5, 0.6) is 0 Å². The number of carboxylic acids is 1. The first-order valence-corrected chi connectivity index (χ1v) is 20.4. The largest absolute Gasteiger partial charge is 0.478 e. The van der Waals surface area contributed by atoms with Crippen LogP contribution in [0, 0.1) is 23.3 Å². The molecule has 5 aromatic carbocycles. The number of aryl methyl sites for hydroxylation is 2. The van der Waals surface area contributed by atoms with Gasteiger partial charge < -0.3 is 10.0 Å². The molecule has 0 atom stereocenters. The molecule has 0 saturated carbocycles. The highest BCUT2D eigenvalue weighted by atomic mass is 28.3. The molecule has 0 bridgehead atoms. The number of nitrogens with zero attached hydrogens (tertiary/aromatic N) is 2. The van der Waals surface area contributed by atoms with E-state index in [-0.39, 0.29) is 5.57 Å². The monoisotopic (exact) mass is 705 g/mol. The van der Waals surface area contributed by atoms with Crippen molar-refractivity contribution in [2.45, 2.75) is 51.9 Å². The van der Waals surface area contributed by atoms with E-state index in [1.165, 1.54) is 0 Å². The molecule has 51 heavy (non-hydrogen) atoms. The number of carbonyl (C=O) groups is 1. The second-order valence-electron chi connectivity index (χ2n) is 14.4. The molecule has 5 aromatic rings. The molecule has 0 unspecified atom stereocenters. The van der Waals surface area contributed by atoms with Crippen molar-refractivity contribution in [2.24, 2.45) is 0 Å². The van der Waals surface area contributed by atoms with Gasteiger partial charge in [0.15, 0.2) is 29.8 Å². The molecule has 0 saturated heterocycles. The van der Waals surface area contributed by atoms with Crippen molar-refractivity contribution in [3.63, 3.8) is 0 Å². The van der Waals surface area contributed by atoms with Crippen LogP contribution in [-0.2, 0) is 25.9 Å². The molecule has 4 nitrogen and oxygen atoms in total. The fourth-order valence-electron chi connectivity index (χ4n) is 8.43. The minimum Gasteiger partial charge on any atom is -0.478 e. The maximum Gasteiger partial charge on any atom is 0.339 e. The van der Waals surface area contributed by atoms with Crippen LogP contribution in [-0.4, -0.2) is 32.2 Å². The quantitative estimate of drug-likeness (QED) is 0.0786. The first-order chi connectivity index (χ1) is 24.5. The van der Waals surface area contributed by atoms with E-state index >= 15 is 13.2 Å². The Morgan fingerprint density at radius 3 is 2.16 bits per heavy atom. The predicted molar refractivity (Wildman–Crippen MR) is 194 cm³/mol. The van der Waals surface area contributed by atoms with Gasteiger partial charge >= 0.3 is 5.97 Å². The summed E-state index contributed by atoms with van der Waals surface area (Å²) in [5, 5.41) is 13.7. The van der Waals surface area contributed by atoms with Gasteiger partial charge in [0.1, 0.15) is 20.2 Å². The molecule has 3 heterocycles. The van der Waals surface area contributed by atoms with Gasteiger partial charge in [0.05, 0.1) is 0 Å². The first-order valence-electron chi connectivity index (χ1n) is 17.4.